The predicted octanol–water partition coefficient (Wildman–Crippen LogP) is 4.40. The van der Waals surface area contributed by atoms with E-state index in [0.717, 1.165) is 30.1 Å². The van der Waals surface area contributed by atoms with E-state index < -0.39 is 5.97 Å². The Morgan fingerprint density at radius 2 is 2.33 bits per heavy atom. The van der Waals surface area contributed by atoms with Gasteiger partial charge in [-0.2, -0.15) is 0 Å². The van der Waals surface area contributed by atoms with Gasteiger partial charge in [0.1, 0.15) is 5.69 Å². The summed E-state index contributed by atoms with van der Waals surface area (Å²) in [5.41, 5.74) is 3.32. The fourth-order valence-electron chi connectivity index (χ4n) is 2.47. The lowest BCUT2D eigenvalue weighted by molar-refractivity contribution is 0.0514. The second-order valence-electron chi connectivity index (χ2n) is 5.27. The second-order valence-corrected chi connectivity index (χ2v) is 6.13. The molecule has 24 heavy (non-hydrogen) atoms. The van der Waals surface area contributed by atoms with Crippen molar-refractivity contribution in [1.82, 2.24) is 10.1 Å². The highest BCUT2D eigenvalue weighted by molar-refractivity contribution is 7.14. The Morgan fingerprint density at radius 3 is 3.12 bits per heavy atom. The number of carbonyl (C=O) groups excluding carboxylic acids is 1. The minimum atomic E-state index is -0.494. The number of nitrogens with zero attached hydrogens (tertiary/aromatic N) is 2. The van der Waals surface area contributed by atoms with E-state index in [2.05, 4.69) is 34.5 Å². The number of hydrogen-bond acceptors (Lipinski definition) is 7. The van der Waals surface area contributed by atoms with Crippen molar-refractivity contribution in [3.05, 3.63) is 40.6 Å². The lowest BCUT2D eigenvalue weighted by Gasteiger charge is -2.14. The number of ether oxygens (including phenoxy) is 1. The van der Waals surface area contributed by atoms with Crippen molar-refractivity contribution >= 4 is 22.4 Å². The molecule has 126 valence electrons. The lowest BCUT2D eigenvalue weighted by Crippen LogP contribution is -2.04. The highest BCUT2D eigenvalue weighted by Crippen LogP contribution is 2.29. The van der Waals surface area contributed by atoms with E-state index in [1.165, 1.54) is 16.9 Å². The van der Waals surface area contributed by atoms with Crippen LogP contribution in [-0.4, -0.2) is 22.7 Å². The van der Waals surface area contributed by atoms with Gasteiger partial charge in [0.2, 0.25) is 0 Å². The molecule has 0 fully saturated rings. The number of aromatic nitrogens is 2. The van der Waals surface area contributed by atoms with Gasteiger partial charge in [0.05, 0.1) is 6.61 Å². The van der Waals surface area contributed by atoms with Crippen LogP contribution in [0.4, 0.5) is 5.13 Å². The molecule has 0 bridgehead atoms. The van der Waals surface area contributed by atoms with Gasteiger partial charge < -0.3 is 14.6 Å². The maximum atomic E-state index is 11.6. The van der Waals surface area contributed by atoms with E-state index in [-0.39, 0.29) is 5.69 Å². The summed E-state index contributed by atoms with van der Waals surface area (Å²) in [6.07, 6.45) is 7.47. The first-order valence-electron chi connectivity index (χ1n) is 7.96. The van der Waals surface area contributed by atoms with Crippen LogP contribution in [0.25, 0.3) is 11.5 Å². The standard InChI is InChI=1S/C17H19N3O3S/c1-3-11-7-5-6-8-12(11)18-17-19-14(10-24-17)15-9-13(20-23-15)16(21)22-4-2/h6,8-10H,3-5,7H2,1-2H3,(H,18,19). The zero-order valence-corrected chi connectivity index (χ0v) is 14.5. The number of thiazole rings is 1. The number of allylic oxidation sites excluding steroid dienone is 3. The number of anilines is 1. The highest BCUT2D eigenvalue weighted by atomic mass is 32.1. The second kappa shape index (κ2) is 7.44. The number of carbonyl (C=O) groups is 1. The van der Waals surface area contributed by atoms with Crippen LogP contribution in [0.5, 0.6) is 0 Å². The van der Waals surface area contributed by atoms with E-state index in [4.69, 9.17) is 9.26 Å². The van der Waals surface area contributed by atoms with Crippen LogP contribution in [0, 0.1) is 0 Å². The molecule has 0 saturated heterocycles. The molecule has 6 nitrogen and oxygen atoms in total. The topological polar surface area (TPSA) is 77.2 Å². The van der Waals surface area contributed by atoms with Gasteiger partial charge in [-0.15, -0.1) is 11.3 Å². The molecule has 0 amide bonds. The number of hydrogen-bond donors (Lipinski definition) is 1. The van der Waals surface area contributed by atoms with Gasteiger partial charge in [-0.1, -0.05) is 18.2 Å². The molecule has 2 aromatic heterocycles. The van der Waals surface area contributed by atoms with Crippen molar-refractivity contribution in [2.45, 2.75) is 33.1 Å². The molecule has 0 saturated carbocycles. The van der Waals surface area contributed by atoms with Crippen LogP contribution < -0.4 is 5.32 Å². The molecule has 2 aromatic rings. The third-order valence-corrected chi connectivity index (χ3v) is 4.46. The quantitative estimate of drug-likeness (QED) is 0.782. The van der Waals surface area contributed by atoms with Gasteiger partial charge >= 0.3 is 5.97 Å². The predicted molar refractivity (Wildman–Crippen MR) is 92.9 cm³/mol. The molecule has 1 N–H and O–H groups in total. The first-order valence-corrected chi connectivity index (χ1v) is 8.84. The molecule has 2 heterocycles. The fraction of sp³-hybridized carbons (Fsp3) is 0.353. The maximum Gasteiger partial charge on any atom is 0.360 e. The van der Waals surface area contributed by atoms with Gasteiger partial charge in [0.25, 0.3) is 0 Å². The Balaban J connectivity index is 1.75. The van der Waals surface area contributed by atoms with Crippen LogP contribution in [0.1, 0.15) is 43.6 Å². The Hall–Kier alpha value is -2.41. The zero-order valence-electron chi connectivity index (χ0n) is 13.7. The van der Waals surface area contributed by atoms with Crippen molar-refractivity contribution in [2.75, 3.05) is 11.9 Å². The molecule has 0 aromatic carbocycles. The van der Waals surface area contributed by atoms with Gasteiger partial charge in [0.15, 0.2) is 16.6 Å². The summed E-state index contributed by atoms with van der Waals surface area (Å²) in [4.78, 5) is 16.2. The largest absolute Gasteiger partial charge is 0.461 e. The van der Waals surface area contributed by atoms with E-state index in [1.54, 1.807) is 13.0 Å². The summed E-state index contributed by atoms with van der Waals surface area (Å²) < 4.78 is 10.1. The minimum Gasteiger partial charge on any atom is -0.461 e. The maximum absolute atomic E-state index is 11.6. The van der Waals surface area contributed by atoms with E-state index in [1.807, 2.05) is 5.38 Å². The first-order chi connectivity index (χ1) is 11.7. The molecule has 0 radical (unpaired) electrons. The van der Waals surface area contributed by atoms with E-state index in [9.17, 15) is 4.79 Å². The molecule has 1 aliphatic carbocycles. The Bertz CT molecular complexity index is 789. The highest BCUT2D eigenvalue weighted by Gasteiger charge is 2.17. The van der Waals surface area contributed by atoms with Crippen molar-refractivity contribution < 1.29 is 14.1 Å². The summed E-state index contributed by atoms with van der Waals surface area (Å²) in [6, 6.07) is 1.55. The molecule has 7 heteroatoms. The summed E-state index contributed by atoms with van der Waals surface area (Å²) in [5.74, 6) is -0.0441. The summed E-state index contributed by atoms with van der Waals surface area (Å²) in [5, 5.41) is 9.76. The summed E-state index contributed by atoms with van der Waals surface area (Å²) in [6.45, 7) is 4.21. The van der Waals surface area contributed by atoms with E-state index in [0.29, 0.717) is 18.1 Å². The molecule has 3 rings (SSSR count). The molecule has 0 aliphatic heterocycles. The average Bonchev–Trinajstić information content (AvgIpc) is 3.24. The van der Waals surface area contributed by atoms with Crippen LogP contribution in [0.15, 0.2) is 39.4 Å². The van der Waals surface area contributed by atoms with E-state index >= 15 is 0 Å². The van der Waals surface area contributed by atoms with Crippen molar-refractivity contribution in [3.63, 3.8) is 0 Å². The lowest BCUT2D eigenvalue weighted by atomic mass is 10.0. The van der Waals surface area contributed by atoms with Crippen LogP contribution in [0.3, 0.4) is 0 Å². The van der Waals surface area contributed by atoms with Crippen LogP contribution >= 0.6 is 11.3 Å². The fourth-order valence-corrected chi connectivity index (χ4v) is 3.18. The van der Waals surface area contributed by atoms with Crippen molar-refractivity contribution in [2.24, 2.45) is 0 Å². The molecule has 0 unspecified atom stereocenters. The zero-order chi connectivity index (χ0) is 16.9. The Morgan fingerprint density at radius 1 is 1.46 bits per heavy atom. The van der Waals surface area contributed by atoms with Gasteiger partial charge in [-0.05, 0) is 37.8 Å². The monoisotopic (exact) mass is 345 g/mol. The molecule has 1 aliphatic rings. The smallest absolute Gasteiger partial charge is 0.360 e. The van der Waals surface area contributed by atoms with Crippen LogP contribution in [-0.2, 0) is 4.74 Å². The third kappa shape index (κ3) is 3.56. The van der Waals surface area contributed by atoms with Gasteiger partial charge in [0, 0.05) is 17.1 Å². The Kier molecular flexibility index (Phi) is 5.10. The van der Waals surface area contributed by atoms with Crippen molar-refractivity contribution in [3.8, 4) is 11.5 Å². The Labute approximate surface area is 144 Å². The minimum absolute atomic E-state index is 0.153. The normalized spacial score (nSPS) is 14.1. The summed E-state index contributed by atoms with van der Waals surface area (Å²) in [7, 11) is 0. The molecule has 0 atom stereocenters. The molecule has 0 spiro atoms. The third-order valence-electron chi connectivity index (χ3n) is 3.70. The number of nitrogens with one attached hydrogen (secondary N) is 1. The first kappa shape index (κ1) is 16.4. The van der Waals surface area contributed by atoms with Gasteiger partial charge in [-0.3, -0.25) is 0 Å². The number of rotatable bonds is 6. The molecular weight excluding hydrogens is 326 g/mol. The van der Waals surface area contributed by atoms with Crippen molar-refractivity contribution in [1.29, 1.82) is 0 Å². The van der Waals surface area contributed by atoms with Crippen LogP contribution in [0.2, 0.25) is 0 Å². The van der Waals surface area contributed by atoms with Gasteiger partial charge in [-0.25, -0.2) is 9.78 Å². The average molecular weight is 345 g/mol. The molecular formula is C17H19N3O3S. The number of esters is 1. The summed E-state index contributed by atoms with van der Waals surface area (Å²) >= 11 is 1.48. The SMILES string of the molecule is CCOC(=O)c1cc(-c2csc(NC3=C(CC)CCC=C3)n2)on1.